The molecule has 2 aromatic heterocycles. The molecule has 10 heteroatoms. The molecule has 1 aliphatic heterocycles. The molecule has 0 aliphatic carbocycles. The van der Waals surface area contributed by atoms with Crippen LogP contribution in [-0.2, 0) is 6.42 Å². The molecule has 0 radical (unpaired) electrons. The minimum absolute atomic E-state index is 0.0436. The van der Waals surface area contributed by atoms with E-state index in [0.29, 0.717) is 33.6 Å². The summed E-state index contributed by atoms with van der Waals surface area (Å²) >= 11 is 7.43. The van der Waals surface area contributed by atoms with Gasteiger partial charge in [-0.2, -0.15) is 0 Å². The van der Waals surface area contributed by atoms with Crippen LogP contribution in [-0.4, -0.2) is 30.3 Å². The average molecular weight is 484 g/mol. The van der Waals surface area contributed by atoms with Gasteiger partial charge in [-0.25, -0.2) is 0 Å². The van der Waals surface area contributed by atoms with Gasteiger partial charge in [0.2, 0.25) is 10.9 Å². The zero-order valence-corrected chi connectivity index (χ0v) is 19.5. The Bertz CT molecular complexity index is 1460. The van der Waals surface area contributed by atoms with Crippen molar-refractivity contribution >= 4 is 44.9 Å². The van der Waals surface area contributed by atoms with Gasteiger partial charge >= 0.3 is 0 Å². The molecule has 0 fully saturated rings. The number of nitrogens with zero attached hydrogens (tertiary/aromatic N) is 3. The molecule has 33 heavy (non-hydrogen) atoms. The zero-order chi connectivity index (χ0) is 23.3. The second kappa shape index (κ2) is 8.17. The van der Waals surface area contributed by atoms with Crippen molar-refractivity contribution in [3.63, 3.8) is 0 Å². The molecule has 0 bridgehead atoms. The van der Waals surface area contributed by atoms with Crippen LogP contribution in [0.25, 0.3) is 11.0 Å². The molecule has 0 spiro atoms. The van der Waals surface area contributed by atoms with Crippen molar-refractivity contribution in [2.24, 2.45) is 0 Å². The molecule has 4 aromatic rings. The van der Waals surface area contributed by atoms with Gasteiger partial charge in [0.1, 0.15) is 16.6 Å². The molecular weight excluding hydrogens is 466 g/mol. The van der Waals surface area contributed by atoms with Gasteiger partial charge in [-0.15, -0.1) is 10.2 Å². The first-order valence-electron chi connectivity index (χ1n) is 10.1. The molecule has 8 nitrogen and oxygen atoms in total. The monoisotopic (exact) mass is 483 g/mol. The van der Waals surface area contributed by atoms with Crippen molar-refractivity contribution < 1.29 is 18.7 Å². The van der Waals surface area contributed by atoms with Gasteiger partial charge in [-0.1, -0.05) is 42.0 Å². The fourth-order valence-corrected chi connectivity index (χ4v) is 5.03. The number of amides is 1. The minimum atomic E-state index is -0.852. The molecule has 0 saturated heterocycles. The van der Waals surface area contributed by atoms with E-state index in [4.69, 9.17) is 25.5 Å². The SMILES string of the molecule is CCc1nnc(N2C(=O)c3oc4ccc(Cl)cc4c(=O)c3[C@@H]2c2cccc(OC)c2OC)s1. The molecule has 168 valence electrons. The predicted molar refractivity (Wildman–Crippen MR) is 125 cm³/mol. The molecule has 3 heterocycles. The maximum absolute atomic E-state index is 13.7. The van der Waals surface area contributed by atoms with Crippen molar-refractivity contribution in [1.82, 2.24) is 10.2 Å². The second-order valence-electron chi connectivity index (χ2n) is 7.31. The molecular formula is C23H18ClN3O5S. The smallest absolute Gasteiger partial charge is 0.297 e. The number of para-hydroxylation sites is 1. The third kappa shape index (κ3) is 3.27. The number of hydrogen-bond donors (Lipinski definition) is 0. The largest absolute Gasteiger partial charge is 0.493 e. The Labute approximate surface area is 197 Å². The Balaban J connectivity index is 1.84. The summed E-state index contributed by atoms with van der Waals surface area (Å²) in [5.74, 6) is 0.350. The summed E-state index contributed by atoms with van der Waals surface area (Å²) in [6.45, 7) is 1.95. The van der Waals surface area contributed by atoms with E-state index >= 15 is 0 Å². The number of methoxy groups -OCH3 is 2. The highest BCUT2D eigenvalue weighted by Crippen LogP contribution is 2.46. The molecule has 0 N–H and O–H groups in total. The number of carbonyl (C=O) groups is 1. The number of benzene rings is 2. The van der Waals surface area contributed by atoms with Gasteiger partial charge in [-0.3, -0.25) is 14.5 Å². The Hall–Kier alpha value is -3.43. The van der Waals surface area contributed by atoms with Crippen molar-refractivity contribution in [2.45, 2.75) is 19.4 Å². The first-order chi connectivity index (χ1) is 16.0. The summed E-state index contributed by atoms with van der Waals surface area (Å²) in [4.78, 5) is 28.8. The number of rotatable bonds is 5. The van der Waals surface area contributed by atoms with E-state index in [1.165, 1.54) is 36.5 Å². The van der Waals surface area contributed by atoms with E-state index in [1.54, 1.807) is 30.3 Å². The number of hydrogen-bond acceptors (Lipinski definition) is 8. The lowest BCUT2D eigenvalue weighted by Crippen LogP contribution is -2.29. The number of aryl methyl sites for hydroxylation is 1. The molecule has 5 rings (SSSR count). The van der Waals surface area contributed by atoms with Crippen molar-refractivity contribution in [3.8, 4) is 11.5 Å². The highest BCUT2D eigenvalue weighted by atomic mass is 35.5. The van der Waals surface area contributed by atoms with E-state index in [9.17, 15) is 9.59 Å². The van der Waals surface area contributed by atoms with E-state index in [2.05, 4.69) is 10.2 Å². The fraction of sp³-hybridized carbons (Fsp3) is 0.217. The van der Waals surface area contributed by atoms with Crippen LogP contribution in [0, 0.1) is 0 Å². The van der Waals surface area contributed by atoms with E-state index in [1.807, 2.05) is 6.92 Å². The Morgan fingerprint density at radius 2 is 1.97 bits per heavy atom. The number of halogens is 1. The fourth-order valence-electron chi connectivity index (χ4n) is 4.05. The quantitative estimate of drug-likeness (QED) is 0.408. The lowest BCUT2D eigenvalue weighted by atomic mass is 9.97. The normalized spacial score (nSPS) is 15.2. The number of carbonyl (C=O) groups excluding carboxylic acids is 1. The third-order valence-electron chi connectivity index (χ3n) is 5.52. The van der Waals surface area contributed by atoms with Crippen molar-refractivity contribution in [2.75, 3.05) is 19.1 Å². The van der Waals surface area contributed by atoms with Crippen molar-refractivity contribution in [1.29, 1.82) is 0 Å². The van der Waals surface area contributed by atoms with Crippen LogP contribution < -0.4 is 19.8 Å². The molecule has 1 aliphatic rings. The number of ether oxygens (including phenoxy) is 2. The third-order valence-corrected chi connectivity index (χ3v) is 6.83. The first-order valence-corrected chi connectivity index (χ1v) is 11.3. The van der Waals surface area contributed by atoms with Crippen LogP contribution in [0.4, 0.5) is 5.13 Å². The van der Waals surface area contributed by atoms with Gasteiger partial charge < -0.3 is 13.9 Å². The van der Waals surface area contributed by atoms with Gasteiger partial charge in [0, 0.05) is 10.6 Å². The van der Waals surface area contributed by atoms with Crippen LogP contribution >= 0.6 is 22.9 Å². The average Bonchev–Trinajstić information content (AvgIpc) is 3.41. The number of anilines is 1. The van der Waals surface area contributed by atoms with Gasteiger partial charge in [0.15, 0.2) is 16.9 Å². The summed E-state index contributed by atoms with van der Waals surface area (Å²) in [5, 5.41) is 10.2. The van der Waals surface area contributed by atoms with Crippen molar-refractivity contribution in [3.05, 3.63) is 73.5 Å². The van der Waals surface area contributed by atoms with Crippen LogP contribution in [0.1, 0.15) is 39.7 Å². The topological polar surface area (TPSA) is 94.8 Å². The summed E-state index contributed by atoms with van der Waals surface area (Å²) in [7, 11) is 3.03. The summed E-state index contributed by atoms with van der Waals surface area (Å²) < 4.78 is 17.0. The molecule has 1 amide bonds. The first kappa shape index (κ1) is 21.4. The predicted octanol–water partition coefficient (Wildman–Crippen LogP) is 4.63. The second-order valence-corrected chi connectivity index (χ2v) is 8.78. The lowest BCUT2D eigenvalue weighted by molar-refractivity contribution is 0.0970. The van der Waals surface area contributed by atoms with Crippen LogP contribution in [0.15, 0.2) is 45.6 Å². The summed E-state index contributed by atoms with van der Waals surface area (Å²) in [6.07, 6.45) is 0.666. The van der Waals surface area contributed by atoms with E-state index in [0.717, 1.165) is 5.01 Å². The number of aromatic nitrogens is 2. The maximum Gasteiger partial charge on any atom is 0.297 e. The number of fused-ring (bicyclic) bond motifs is 2. The van der Waals surface area contributed by atoms with Crippen LogP contribution in [0.5, 0.6) is 11.5 Å². The van der Waals surface area contributed by atoms with Crippen LogP contribution in [0.2, 0.25) is 5.02 Å². The molecule has 0 unspecified atom stereocenters. The van der Waals surface area contributed by atoms with Crippen LogP contribution in [0.3, 0.4) is 0 Å². The molecule has 0 saturated carbocycles. The standard InChI is InChI=1S/C23H18ClN3O5S/c1-4-16-25-26-23(33-16)27-18(12-6-5-7-15(30-2)20(12)31-3)17-19(28)13-10-11(24)8-9-14(13)32-21(17)22(27)29/h5-10,18H,4H2,1-3H3/t18-/m0/s1. The van der Waals surface area contributed by atoms with E-state index < -0.39 is 11.9 Å². The van der Waals surface area contributed by atoms with Gasteiger partial charge in [-0.05, 0) is 30.7 Å². The Kier molecular flexibility index (Phi) is 5.30. The van der Waals surface area contributed by atoms with Gasteiger partial charge in [0.05, 0.1) is 25.2 Å². The zero-order valence-electron chi connectivity index (χ0n) is 17.9. The summed E-state index contributed by atoms with van der Waals surface area (Å²) in [6, 6.07) is 9.17. The maximum atomic E-state index is 13.7. The van der Waals surface area contributed by atoms with E-state index in [-0.39, 0.29) is 27.7 Å². The highest BCUT2D eigenvalue weighted by molar-refractivity contribution is 7.15. The highest BCUT2D eigenvalue weighted by Gasteiger charge is 2.46. The lowest BCUT2D eigenvalue weighted by Gasteiger charge is -2.24. The summed E-state index contributed by atoms with van der Waals surface area (Å²) in [5.41, 5.74) is 0.682. The molecule has 1 atom stereocenters. The minimum Gasteiger partial charge on any atom is -0.493 e. The Morgan fingerprint density at radius 1 is 1.15 bits per heavy atom. The Morgan fingerprint density at radius 3 is 2.67 bits per heavy atom. The molecule has 2 aromatic carbocycles. The van der Waals surface area contributed by atoms with Gasteiger partial charge in [0.25, 0.3) is 5.91 Å².